The molecular formula is C25H19ClF2N6O3. The van der Waals surface area contributed by atoms with E-state index in [0.717, 1.165) is 23.3 Å². The summed E-state index contributed by atoms with van der Waals surface area (Å²) >= 11 is 6.07. The largest absolute Gasteiger partial charge is 0.381 e. The van der Waals surface area contributed by atoms with Crippen LogP contribution in [0.1, 0.15) is 6.42 Å². The lowest BCUT2D eigenvalue weighted by Crippen LogP contribution is -2.59. The Morgan fingerprint density at radius 1 is 1.19 bits per heavy atom. The summed E-state index contributed by atoms with van der Waals surface area (Å²) in [6.45, 7) is 1.87. The zero-order valence-electron chi connectivity index (χ0n) is 19.3. The maximum atomic E-state index is 14.1. The van der Waals surface area contributed by atoms with Gasteiger partial charge in [-0.15, -0.1) is 0 Å². The SMILES string of the molecule is N#CCn1c(N2CC3(CCOC3)C2)c(-c2ccc(F)c(Cl)c2)c(=O)n(-c2cnc3ccc(F)cn23)c1=O. The van der Waals surface area contributed by atoms with Crippen LogP contribution in [0, 0.1) is 28.4 Å². The molecule has 2 aliphatic rings. The number of hydrogen-bond acceptors (Lipinski definition) is 6. The first-order chi connectivity index (χ1) is 17.8. The molecule has 1 spiro atoms. The highest BCUT2D eigenvalue weighted by Gasteiger charge is 2.47. The van der Waals surface area contributed by atoms with Gasteiger partial charge in [-0.1, -0.05) is 17.7 Å². The maximum Gasteiger partial charge on any atom is 0.339 e. The zero-order chi connectivity index (χ0) is 25.9. The molecule has 2 fully saturated rings. The number of nitrogens with zero attached hydrogens (tertiary/aromatic N) is 6. The molecule has 1 aromatic carbocycles. The molecule has 0 amide bonds. The van der Waals surface area contributed by atoms with Gasteiger partial charge in [0.1, 0.15) is 35.5 Å². The van der Waals surface area contributed by atoms with Crippen LogP contribution in [0.2, 0.25) is 5.02 Å². The molecule has 0 aliphatic carbocycles. The Bertz CT molecular complexity index is 1720. The van der Waals surface area contributed by atoms with Gasteiger partial charge < -0.3 is 9.64 Å². The molecule has 6 rings (SSSR count). The van der Waals surface area contributed by atoms with E-state index in [2.05, 4.69) is 4.98 Å². The van der Waals surface area contributed by atoms with Crippen molar-refractivity contribution in [2.75, 3.05) is 31.2 Å². The van der Waals surface area contributed by atoms with Crippen LogP contribution >= 0.6 is 11.6 Å². The topological polar surface area (TPSA) is 97.6 Å². The molecule has 0 bridgehead atoms. The fourth-order valence-electron chi connectivity index (χ4n) is 5.21. The van der Waals surface area contributed by atoms with Crippen molar-refractivity contribution in [2.45, 2.75) is 13.0 Å². The summed E-state index contributed by atoms with van der Waals surface area (Å²) in [5.41, 5.74) is -0.956. The molecule has 3 aromatic heterocycles. The summed E-state index contributed by atoms with van der Waals surface area (Å²) in [7, 11) is 0. The molecule has 9 nitrogen and oxygen atoms in total. The fraction of sp³-hybridized carbons (Fsp3) is 0.280. The summed E-state index contributed by atoms with van der Waals surface area (Å²) < 4.78 is 37.0. The van der Waals surface area contributed by atoms with Crippen LogP contribution in [0.4, 0.5) is 14.6 Å². The summed E-state index contributed by atoms with van der Waals surface area (Å²) in [5.74, 6) is -1.01. The smallest absolute Gasteiger partial charge is 0.339 e. The van der Waals surface area contributed by atoms with E-state index in [1.165, 1.54) is 39.4 Å². The lowest BCUT2D eigenvalue weighted by Gasteiger charge is -2.49. The first kappa shape index (κ1) is 23.4. The van der Waals surface area contributed by atoms with E-state index in [4.69, 9.17) is 16.3 Å². The van der Waals surface area contributed by atoms with Crippen LogP contribution in [-0.4, -0.2) is 44.8 Å². The van der Waals surface area contributed by atoms with E-state index in [-0.39, 0.29) is 39.7 Å². The second-order valence-electron chi connectivity index (χ2n) is 9.35. The van der Waals surface area contributed by atoms with Crippen molar-refractivity contribution in [3.05, 3.63) is 80.2 Å². The van der Waals surface area contributed by atoms with E-state index < -0.39 is 22.9 Å². The van der Waals surface area contributed by atoms with Crippen molar-refractivity contribution in [1.82, 2.24) is 18.5 Å². The average molecular weight is 525 g/mol. The minimum absolute atomic E-state index is 0.00136. The van der Waals surface area contributed by atoms with Gasteiger partial charge in [0.2, 0.25) is 0 Å². The Hall–Kier alpha value is -4.01. The van der Waals surface area contributed by atoms with Crippen LogP contribution in [0.5, 0.6) is 0 Å². The number of nitriles is 1. The first-order valence-electron chi connectivity index (χ1n) is 11.5. The number of rotatable bonds is 4. The Balaban J connectivity index is 1.66. The Labute approximate surface area is 213 Å². The third-order valence-corrected chi connectivity index (χ3v) is 7.26. The Kier molecular flexibility index (Phi) is 5.40. The van der Waals surface area contributed by atoms with E-state index in [9.17, 15) is 23.6 Å². The van der Waals surface area contributed by atoms with Crippen molar-refractivity contribution >= 4 is 23.1 Å². The predicted octanol–water partition coefficient (Wildman–Crippen LogP) is 3.00. The molecule has 37 heavy (non-hydrogen) atoms. The molecule has 12 heteroatoms. The maximum absolute atomic E-state index is 14.1. The third kappa shape index (κ3) is 3.63. The van der Waals surface area contributed by atoms with Crippen LogP contribution in [0.15, 0.2) is 52.3 Å². The van der Waals surface area contributed by atoms with Gasteiger partial charge in [-0.05, 0) is 36.2 Å². The van der Waals surface area contributed by atoms with E-state index >= 15 is 0 Å². The predicted molar refractivity (Wildman–Crippen MR) is 131 cm³/mol. The molecule has 0 unspecified atom stereocenters. The molecule has 2 aliphatic heterocycles. The summed E-state index contributed by atoms with van der Waals surface area (Å²) in [6.07, 6.45) is 3.23. The number of halogens is 3. The number of aromatic nitrogens is 4. The van der Waals surface area contributed by atoms with Crippen LogP contribution < -0.4 is 16.1 Å². The molecule has 4 aromatic rings. The standard InChI is InChI=1S/C25H19ClF2N6O3/c26-17-9-15(1-3-18(17)28)21-22(31-12-25(13-31)5-8-37-14-25)32(7-6-29)24(36)34(23(21)35)20-10-30-19-4-2-16(27)11-33(19)20/h1-4,9-11H,5,7-8,12-14H2. The summed E-state index contributed by atoms with van der Waals surface area (Å²) in [5, 5.41) is 9.41. The first-order valence-corrected chi connectivity index (χ1v) is 11.9. The highest BCUT2D eigenvalue weighted by atomic mass is 35.5. The minimum Gasteiger partial charge on any atom is -0.381 e. The molecular weight excluding hydrogens is 506 g/mol. The molecule has 2 saturated heterocycles. The number of fused-ring (bicyclic) bond motifs is 1. The normalized spacial score (nSPS) is 16.3. The zero-order valence-corrected chi connectivity index (χ0v) is 20.1. The minimum atomic E-state index is -0.784. The molecule has 0 N–H and O–H groups in total. The van der Waals surface area contributed by atoms with E-state index in [1.54, 1.807) is 0 Å². The van der Waals surface area contributed by atoms with Gasteiger partial charge in [0.05, 0.1) is 29.5 Å². The lowest BCUT2D eigenvalue weighted by atomic mass is 9.79. The number of imidazole rings is 1. The molecule has 0 radical (unpaired) electrons. The second kappa shape index (κ2) is 8.54. The van der Waals surface area contributed by atoms with Crippen LogP contribution in [0.3, 0.4) is 0 Å². The fourth-order valence-corrected chi connectivity index (χ4v) is 5.39. The van der Waals surface area contributed by atoms with Gasteiger partial charge >= 0.3 is 5.69 Å². The number of benzene rings is 1. The van der Waals surface area contributed by atoms with Gasteiger partial charge in [0.25, 0.3) is 5.56 Å². The van der Waals surface area contributed by atoms with Gasteiger partial charge in [-0.25, -0.2) is 23.1 Å². The van der Waals surface area contributed by atoms with Gasteiger partial charge in [0.15, 0.2) is 0 Å². The highest BCUT2D eigenvalue weighted by molar-refractivity contribution is 6.31. The van der Waals surface area contributed by atoms with Crippen LogP contribution in [-0.2, 0) is 11.3 Å². The van der Waals surface area contributed by atoms with Crippen molar-refractivity contribution in [2.24, 2.45) is 5.41 Å². The van der Waals surface area contributed by atoms with Crippen molar-refractivity contribution in [3.63, 3.8) is 0 Å². The molecule has 5 heterocycles. The monoisotopic (exact) mass is 524 g/mol. The summed E-state index contributed by atoms with van der Waals surface area (Å²) in [4.78, 5) is 33.9. The quantitative estimate of drug-likeness (QED) is 0.407. The molecule has 0 saturated carbocycles. The van der Waals surface area contributed by atoms with Gasteiger partial charge in [0, 0.05) is 31.3 Å². The lowest BCUT2D eigenvalue weighted by molar-refractivity contribution is 0.130. The number of ether oxygens (including phenoxy) is 1. The Morgan fingerprint density at radius 2 is 2.00 bits per heavy atom. The van der Waals surface area contributed by atoms with Gasteiger partial charge in [-0.3, -0.25) is 13.8 Å². The Morgan fingerprint density at radius 3 is 2.70 bits per heavy atom. The van der Waals surface area contributed by atoms with Crippen LogP contribution in [0.25, 0.3) is 22.6 Å². The number of pyridine rings is 1. The summed E-state index contributed by atoms with van der Waals surface area (Å²) in [6, 6.07) is 8.46. The van der Waals surface area contributed by atoms with Gasteiger partial charge in [-0.2, -0.15) is 5.26 Å². The molecule has 0 atom stereocenters. The van der Waals surface area contributed by atoms with Crippen molar-refractivity contribution in [3.8, 4) is 23.0 Å². The average Bonchev–Trinajstić information content (AvgIpc) is 3.50. The second-order valence-corrected chi connectivity index (χ2v) is 9.75. The number of anilines is 1. The highest BCUT2D eigenvalue weighted by Crippen LogP contribution is 2.43. The van der Waals surface area contributed by atoms with Crippen molar-refractivity contribution < 1.29 is 13.5 Å². The number of hydrogen-bond donors (Lipinski definition) is 0. The third-order valence-electron chi connectivity index (χ3n) is 6.97. The van der Waals surface area contributed by atoms with E-state index in [0.29, 0.717) is 32.0 Å². The van der Waals surface area contributed by atoms with Crippen molar-refractivity contribution in [1.29, 1.82) is 5.26 Å². The molecule has 188 valence electrons. The van der Waals surface area contributed by atoms with E-state index in [1.807, 2.05) is 11.0 Å².